The van der Waals surface area contributed by atoms with E-state index in [1.807, 2.05) is 24.3 Å². The van der Waals surface area contributed by atoms with Gasteiger partial charge in [-0.1, -0.05) is 32.4 Å². The number of amides is 1. The van der Waals surface area contributed by atoms with Gasteiger partial charge in [-0.3, -0.25) is 4.79 Å². The van der Waals surface area contributed by atoms with Crippen molar-refractivity contribution in [1.82, 2.24) is 5.32 Å². The predicted molar refractivity (Wildman–Crippen MR) is 90.3 cm³/mol. The van der Waals surface area contributed by atoms with Crippen LogP contribution in [0.4, 0.5) is 5.69 Å². The number of ether oxygens (including phenoxy) is 1. The third-order valence-electron chi connectivity index (χ3n) is 4.37. The maximum Gasteiger partial charge on any atom is 0.225 e. The number of carbonyl (C=O) groups excluding carboxylic acids is 1. The van der Waals surface area contributed by atoms with Crippen molar-refractivity contribution < 1.29 is 9.53 Å². The summed E-state index contributed by atoms with van der Waals surface area (Å²) in [5.41, 5.74) is 1.16. The summed E-state index contributed by atoms with van der Waals surface area (Å²) in [6, 6.07) is 8.02. The van der Waals surface area contributed by atoms with Crippen molar-refractivity contribution in [2.75, 3.05) is 19.0 Å². The van der Waals surface area contributed by atoms with Gasteiger partial charge in [0.05, 0.1) is 12.8 Å². The van der Waals surface area contributed by atoms with Crippen LogP contribution in [0.25, 0.3) is 0 Å². The molecule has 22 heavy (non-hydrogen) atoms. The number of hydrogen-bond acceptors (Lipinski definition) is 3. The molecule has 1 amide bonds. The minimum Gasteiger partial charge on any atom is -0.495 e. The Bertz CT molecular complexity index is 500. The molecule has 1 saturated carbocycles. The minimum atomic E-state index is 0.0204. The molecule has 1 aromatic carbocycles. The van der Waals surface area contributed by atoms with Gasteiger partial charge in [-0.05, 0) is 36.8 Å². The molecule has 122 valence electrons. The summed E-state index contributed by atoms with van der Waals surface area (Å²) in [5.74, 6) is 0.713. The summed E-state index contributed by atoms with van der Waals surface area (Å²) in [6.07, 6.45) is 5.48. The monoisotopic (exact) mass is 304 g/mol. The van der Waals surface area contributed by atoms with Crippen LogP contribution in [0.15, 0.2) is 24.3 Å². The molecule has 1 aromatic rings. The largest absolute Gasteiger partial charge is 0.495 e. The number of hydrogen-bond donors (Lipinski definition) is 2. The zero-order valence-electron chi connectivity index (χ0n) is 13.9. The fraction of sp³-hybridized carbons (Fsp3) is 0.611. The number of carbonyl (C=O) groups is 1. The number of nitrogens with one attached hydrogen (secondary N) is 2. The van der Waals surface area contributed by atoms with Gasteiger partial charge >= 0.3 is 0 Å². The van der Waals surface area contributed by atoms with Crippen LogP contribution < -0.4 is 15.4 Å². The summed E-state index contributed by atoms with van der Waals surface area (Å²) in [4.78, 5) is 12.0. The maximum absolute atomic E-state index is 12.0. The molecular formula is C18H28N2O2. The van der Waals surface area contributed by atoms with Crippen molar-refractivity contribution in [1.29, 1.82) is 0 Å². The van der Waals surface area contributed by atoms with Gasteiger partial charge in [-0.15, -0.1) is 0 Å². The van der Waals surface area contributed by atoms with E-state index in [0.29, 0.717) is 23.6 Å². The third kappa shape index (κ3) is 5.02. The Morgan fingerprint density at radius 3 is 2.86 bits per heavy atom. The second kappa shape index (κ2) is 7.63. The lowest BCUT2D eigenvalue weighted by atomic mass is 9.75. The lowest BCUT2D eigenvalue weighted by Gasteiger charge is -2.35. The van der Waals surface area contributed by atoms with Crippen LogP contribution in [0, 0.1) is 5.41 Å². The molecule has 0 aromatic heterocycles. The molecule has 4 heteroatoms. The fourth-order valence-electron chi connectivity index (χ4n) is 3.22. The van der Waals surface area contributed by atoms with Crippen LogP contribution in [0.2, 0.25) is 0 Å². The average molecular weight is 304 g/mol. The number of anilines is 1. The van der Waals surface area contributed by atoms with Crippen LogP contribution in [0.5, 0.6) is 5.75 Å². The zero-order valence-corrected chi connectivity index (χ0v) is 13.9. The molecule has 2 N–H and O–H groups in total. The Morgan fingerprint density at radius 2 is 2.14 bits per heavy atom. The topological polar surface area (TPSA) is 50.4 Å². The second-order valence-electron chi connectivity index (χ2n) is 6.91. The normalized spacial score (nSPS) is 20.4. The maximum atomic E-state index is 12.0. The third-order valence-corrected chi connectivity index (χ3v) is 4.37. The molecule has 0 heterocycles. The molecule has 0 aliphatic heterocycles. The van der Waals surface area contributed by atoms with E-state index in [1.54, 1.807) is 7.11 Å². The van der Waals surface area contributed by atoms with Crippen molar-refractivity contribution in [2.45, 2.75) is 52.0 Å². The number of rotatable bonds is 6. The molecule has 0 radical (unpaired) electrons. The van der Waals surface area contributed by atoms with Crippen LogP contribution in [0.3, 0.4) is 0 Å². The molecule has 2 rings (SSSR count). The predicted octanol–water partition coefficient (Wildman–Crippen LogP) is 3.58. The lowest BCUT2D eigenvalue weighted by molar-refractivity contribution is -0.116. The van der Waals surface area contributed by atoms with Gasteiger partial charge in [-0.25, -0.2) is 0 Å². The summed E-state index contributed by atoms with van der Waals surface area (Å²) in [7, 11) is 1.61. The van der Waals surface area contributed by atoms with Gasteiger partial charge in [-0.2, -0.15) is 0 Å². The quantitative estimate of drug-likeness (QED) is 0.844. The van der Waals surface area contributed by atoms with Crippen LogP contribution in [-0.4, -0.2) is 25.6 Å². The average Bonchev–Trinajstić information content (AvgIpc) is 2.47. The molecule has 1 fully saturated rings. The zero-order chi connectivity index (χ0) is 16.0. The van der Waals surface area contributed by atoms with Crippen LogP contribution in [0.1, 0.15) is 46.0 Å². The smallest absolute Gasteiger partial charge is 0.225 e. The lowest BCUT2D eigenvalue weighted by Crippen LogP contribution is -2.38. The molecule has 1 aliphatic rings. The highest BCUT2D eigenvalue weighted by molar-refractivity contribution is 5.92. The highest BCUT2D eigenvalue weighted by Crippen LogP contribution is 2.35. The van der Waals surface area contributed by atoms with E-state index in [1.165, 1.54) is 25.7 Å². The van der Waals surface area contributed by atoms with E-state index >= 15 is 0 Å². The second-order valence-corrected chi connectivity index (χ2v) is 6.91. The fourth-order valence-corrected chi connectivity index (χ4v) is 3.22. The Balaban J connectivity index is 1.74. The molecule has 1 atom stereocenters. The Labute approximate surface area is 133 Å². The Kier molecular flexibility index (Phi) is 5.83. The molecule has 0 saturated heterocycles. The molecule has 0 spiro atoms. The summed E-state index contributed by atoms with van der Waals surface area (Å²) in [5, 5.41) is 6.44. The van der Waals surface area contributed by atoms with Crippen LogP contribution >= 0.6 is 0 Å². The van der Waals surface area contributed by atoms with Crippen molar-refractivity contribution in [3.63, 3.8) is 0 Å². The first-order chi connectivity index (χ1) is 10.5. The molecule has 0 unspecified atom stereocenters. The van der Waals surface area contributed by atoms with Crippen molar-refractivity contribution in [2.24, 2.45) is 5.41 Å². The Hall–Kier alpha value is -1.55. The SMILES string of the molecule is COc1ccccc1NC(=O)CCN[C@H]1CCCC(C)(C)C1. The first kappa shape index (κ1) is 16.8. The van der Waals surface area contributed by atoms with Gasteiger partial charge in [0.2, 0.25) is 5.91 Å². The van der Waals surface area contributed by atoms with E-state index in [2.05, 4.69) is 24.5 Å². The molecule has 4 nitrogen and oxygen atoms in total. The summed E-state index contributed by atoms with van der Waals surface area (Å²) >= 11 is 0. The highest BCUT2D eigenvalue weighted by atomic mass is 16.5. The van der Waals surface area contributed by atoms with Crippen molar-refractivity contribution in [3.8, 4) is 5.75 Å². The first-order valence-corrected chi connectivity index (χ1v) is 8.16. The molecule has 1 aliphatic carbocycles. The van der Waals surface area contributed by atoms with Crippen LogP contribution in [-0.2, 0) is 4.79 Å². The standard InChI is InChI=1S/C18H28N2O2/c1-18(2)11-6-7-14(13-18)19-12-10-17(21)20-15-8-4-5-9-16(15)22-3/h4-5,8-9,14,19H,6-7,10-13H2,1-3H3,(H,20,21)/t14-/m0/s1. The summed E-state index contributed by atoms with van der Waals surface area (Å²) < 4.78 is 5.24. The summed E-state index contributed by atoms with van der Waals surface area (Å²) in [6.45, 7) is 5.38. The Morgan fingerprint density at radius 1 is 1.36 bits per heavy atom. The van der Waals surface area contributed by atoms with Gasteiger partial charge in [0.15, 0.2) is 0 Å². The molecular weight excluding hydrogens is 276 g/mol. The number of benzene rings is 1. The van der Waals surface area contributed by atoms with Crippen molar-refractivity contribution in [3.05, 3.63) is 24.3 Å². The van der Waals surface area contributed by atoms with E-state index in [0.717, 1.165) is 12.2 Å². The van der Waals surface area contributed by atoms with Gasteiger partial charge < -0.3 is 15.4 Å². The number of methoxy groups -OCH3 is 1. The molecule has 0 bridgehead atoms. The van der Waals surface area contributed by atoms with Gasteiger partial charge in [0.1, 0.15) is 5.75 Å². The van der Waals surface area contributed by atoms with Gasteiger partial charge in [0, 0.05) is 19.0 Å². The van der Waals surface area contributed by atoms with E-state index < -0.39 is 0 Å². The first-order valence-electron chi connectivity index (χ1n) is 8.16. The van der Waals surface area contributed by atoms with E-state index in [9.17, 15) is 4.79 Å². The van der Waals surface area contributed by atoms with E-state index in [4.69, 9.17) is 4.74 Å². The minimum absolute atomic E-state index is 0.0204. The highest BCUT2D eigenvalue weighted by Gasteiger charge is 2.27. The van der Waals surface area contributed by atoms with E-state index in [-0.39, 0.29) is 5.91 Å². The van der Waals surface area contributed by atoms with Gasteiger partial charge in [0.25, 0.3) is 0 Å². The van der Waals surface area contributed by atoms with Crippen molar-refractivity contribution >= 4 is 11.6 Å². The number of para-hydroxylation sites is 2.